The Hall–Kier alpha value is -1.79. The molecule has 2 aliphatic rings. The molecule has 0 radical (unpaired) electrons. The van der Waals surface area contributed by atoms with Crippen molar-refractivity contribution in [2.24, 2.45) is 0 Å². The monoisotopic (exact) mass is 304 g/mol. The number of hydrogen-bond acceptors (Lipinski definition) is 4. The fourth-order valence-corrected chi connectivity index (χ4v) is 3.14. The molecule has 0 aromatic heterocycles. The van der Waals surface area contributed by atoms with E-state index in [9.17, 15) is 4.79 Å². The van der Waals surface area contributed by atoms with Crippen LogP contribution < -0.4 is 10.2 Å². The van der Waals surface area contributed by atoms with Crippen molar-refractivity contribution in [3.05, 3.63) is 23.8 Å². The molecule has 6 heteroatoms. The van der Waals surface area contributed by atoms with Crippen molar-refractivity contribution in [1.29, 1.82) is 0 Å². The quantitative estimate of drug-likeness (QED) is 0.868. The minimum Gasteiger partial charge on any atom is -0.395 e. The largest absolute Gasteiger partial charge is 0.395 e. The first-order valence-electron chi connectivity index (χ1n) is 7.90. The van der Waals surface area contributed by atoms with Crippen LogP contribution >= 0.6 is 0 Å². The molecule has 3 rings (SSSR count). The number of anilines is 2. The summed E-state index contributed by atoms with van der Waals surface area (Å²) >= 11 is 0. The van der Waals surface area contributed by atoms with E-state index in [0.717, 1.165) is 31.7 Å². The number of aliphatic hydroxyl groups is 1. The maximum absolute atomic E-state index is 12.3. The highest BCUT2D eigenvalue weighted by Gasteiger charge is 2.21. The average molecular weight is 304 g/mol. The summed E-state index contributed by atoms with van der Waals surface area (Å²) in [6.45, 7) is 4.95. The smallest absolute Gasteiger partial charge is 0.321 e. The number of amides is 2. The molecule has 1 aromatic carbocycles. The number of β-amino-alcohol motifs (C(OH)–C–C–N with tert-alkyl or cyclic N) is 1. The van der Waals surface area contributed by atoms with Crippen LogP contribution in [0, 0.1) is 0 Å². The lowest BCUT2D eigenvalue weighted by molar-refractivity contribution is 0.127. The lowest BCUT2D eigenvalue weighted by atomic mass is 10.1. The molecule has 2 heterocycles. The van der Waals surface area contributed by atoms with Crippen LogP contribution in [0.2, 0.25) is 0 Å². The number of carbonyl (C=O) groups is 1. The van der Waals surface area contributed by atoms with Crippen molar-refractivity contribution in [3.63, 3.8) is 0 Å². The van der Waals surface area contributed by atoms with Gasteiger partial charge in [-0.05, 0) is 24.1 Å². The molecule has 120 valence electrons. The Labute approximate surface area is 131 Å². The van der Waals surface area contributed by atoms with E-state index in [4.69, 9.17) is 5.11 Å². The van der Waals surface area contributed by atoms with E-state index in [2.05, 4.69) is 34.3 Å². The van der Waals surface area contributed by atoms with Crippen LogP contribution in [-0.2, 0) is 6.42 Å². The van der Waals surface area contributed by atoms with Gasteiger partial charge in [0.1, 0.15) is 0 Å². The van der Waals surface area contributed by atoms with Gasteiger partial charge in [0.25, 0.3) is 0 Å². The molecule has 1 aromatic rings. The van der Waals surface area contributed by atoms with E-state index in [1.165, 1.54) is 11.3 Å². The Bertz CT molecular complexity index is 541. The third-order valence-corrected chi connectivity index (χ3v) is 4.54. The summed E-state index contributed by atoms with van der Waals surface area (Å²) in [5.74, 6) is 0. The Morgan fingerprint density at radius 2 is 2.00 bits per heavy atom. The van der Waals surface area contributed by atoms with E-state index in [-0.39, 0.29) is 12.6 Å². The van der Waals surface area contributed by atoms with Crippen molar-refractivity contribution >= 4 is 17.4 Å². The van der Waals surface area contributed by atoms with Gasteiger partial charge in [0.05, 0.1) is 6.61 Å². The summed E-state index contributed by atoms with van der Waals surface area (Å²) in [6, 6.07) is 6.11. The Kier molecular flexibility index (Phi) is 4.49. The standard InChI is InChI=1S/C16H24N4O2/c1-18-5-4-13-2-3-14(12-15(13)18)17-16(22)20-8-6-19(7-9-20)10-11-21/h2-3,12,21H,4-11H2,1H3,(H,17,22). The van der Waals surface area contributed by atoms with Gasteiger partial charge in [-0.25, -0.2) is 4.79 Å². The zero-order valence-corrected chi connectivity index (χ0v) is 13.1. The number of benzene rings is 1. The SMILES string of the molecule is CN1CCc2ccc(NC(=O)N3CCN(CCO)CC3)cc21. The normalized spacial score (nSPS) is 18.5. The molecule has 22 heavy (non-hydrogen) atoms. The number of fused-ring (bicyclic) bond motifs is 1. The molecule has 0 bridgehead atoms. The van der Waals surface area contributed by atoms with E-state index >= 15 is 0 Å². The van der Waals surface area contributed by atoms with Crippen molar-refractivity contribution in [3.8, 4) is 0 Å². The summed E-state index contributed by atoms with van der Waals surface area (Å²) in [6.07, 6.45) is 1.08. The number of piperazine rings is 1. The van der Waals surface area contributed by atoms with Gasteiger partial charge in [0, 0.05) is 57.7 Å². The number of hydrogen-bond donors (Lipinski definition) is 2. The first-order chi connectivity index (χ1) is 10.7. The first kappa shape index (κ1) is 15.1. The highest BCUT2D eigenvalue weighted by atomic mass is 16.3. The van der Waals surface area contributed by atoms with E-state index in [1.54, 1.807) is 0 Å². The highest BCUT2D eigenvalue weighted by molar-refractivity contribution is 5.90. The average Bonchev–Trinajstić information content (AvgIpc) is 2.89. The molecule has 0 aliphatic carbocycles. The van der Waals surface area contributed by atoms with Crippen LogP contribution in [0.5, 0.6) is 0 Å². The number of rotatable bonds is 3. The highest BCUT2D eigenvalue weighted by Crippen LogP contribution is 2.29. The van der Waals surface area contributed by atoms with Crippen LogP contribution in [-0.4, -0.2) is 73.9 Å². The van der Waals surface area contributed by atoms with E-state index < -0.39 is 0 Å². The molecule has 2 amide bonds. The van der Waals surface area contributed by atoms with E-state index in [0.29, 0.717) is 19.6 Å². The van der Waals surface area contributed by atoms with Crippen molar-refractivity contribution < 1.29 is 9.90 Å². The molecular formula is C16H24N4O2. The molecular weight excluding hydrogens is 280 g/mol. The van der Waals surface area contributed by atoms with Crippen LogP contribution in [0.25, 0.3) is 0 Å². The van der Waals surface area contributed by atoms with Crippen molar-refractivity contribution in [1.82, 2.24) is 9.80 Å². The van der Waals surface area contributed by atoms with Gasteiger partial charge in [-0.15, -0.1) is 0 Å². The lowest BCUT2D eigenvalue weighted by Gasteiger charge is -2.34. The maximum atomic E-state index is 12.3. The number of aliphatic hydroxyl groups excluding tert-OH is 1. The number of carbonyl (C=O) groups excluding carboxylic acids is 1. The number of likely N-dealkylation sites (N-methyl/N-ethyl adjacent to an activating group) is 1. The summed E-state index contributed by atoms with van der Waals surface area (Å²) in [4.78, 5) is 18.6. The Morgan fingerprint density at radius 3 is 2.73 bits per heavy atom. The number of nitrogens with zero attached hydrogens (tertiary/aromatic N) is 3. The Morgan fingerprint density at radius 1 is 1.23 bits per heavy atom. The Balaban J connectivity index is 1.57. The van der Waals surface area contributed by atoms with Crippen molar-refractivity contribution in [2.75, 3.05) is 63.1 Å². The van der Waals surface area contributed by atoms with Gasteiger partial charge in [0.2, 0.25) is 0 Å². The van der Waals surface area contributed by atoms with Crippen LogP contribution in [0.15, 0.2) is 18.2 Å². The lowest BCUT2D eigenvalue weighted by Crippen LogP contribution is -2.50. The fraction of sp³-hybridized carbons (Fsp3) is 0.562. The third-order valence-electron chi connectivity index (χ3n) is 4.54. The second kappa shape index (κ2) is 6.54. The minimum atomic E-state index is -0.0377. The van der Waals surface area contributed by atoms with Gasteiger partial charge in [0.15, 0.2) is 0 Å². The second-order valence-corrected chi connectivity index (χ2v) is 6.00. The summed E-state index contributed by atoms with van der Waals surface area (Å²) in [5, 5.41) is 11.9. The molecule has 1 saturated heterocycles. The maximum Gasteiger partial charge on any atom is 0.321 e. The van der Waals surface area contributed by atoms with Crippen LogP contribution in [0.3, 0.4) is 0 Å². The third kappa shape index (κ3) is 3.18. The topological polar surface area (TPSA) is 59.1 Å². The predicted octanol–water partition coefficient (Wildman–Crippen LogP) is 0.821. The molecule has 2 aliphatic heterocycles. The molecule has 1 fully saturated rings. The van der Waals surface area contributed by atoms with Gasteiger partial charge >= 0.3 is 6.03 Å². The first-order valence-corrected chi connectivity index (χ1v) is 7.90. The van der Waals surface area contributed by atoms with Gasteiger partial charge in [-0.2, -0.15) is 0 Å². The van der Waals surface area contributed by atoms with Crippen LogP contribution in [0.1, 0.15) is 5.56 Å². The van der Waals surface area contributed by atoms with Gasteiger partial charge < -0.3 is 20.2 Å². The van der Waals surface area contributed by atoms with Crippen molar-refractivity contribution in [2.45, 2.75) is 6.42 Å². The molecule has 0 saturated carbocycles. The van der Waals surface area contributed by atoms with Crippen LogP contribution in [0.4, 0.5) is 16.2 Å². The van der Waals surface area contributed by atoms with Gasteiger partial charge in [-0.1, -0.05) is 6.07 Å². The molecule has 0 spiro atoms. The molecule has 0 atom stereocenters. The fourth-order valence-electron chi connectivity index (χ4n) is 3.14. The summed E-state index contributed by atoms with van der Waals surface area (Å²) in [7, 11) is 2.08. The summed E-state index contributed by atoms with van der Waals surface area (Å²) < 4.78 is 0. The molecule has 0 unspecified atom stereocenters. The second-order valence-electron chi connectivity index (χ2n) is 6.00. The van der Waals surface area contributed by atoms with Gasteiger partial charge in [-0.3, -0.25) is 4.90 Å². The molecule has 6 nitrogen and oxygen atoms in total. The number of nitrogens with one attached hydrogen (secondary N) is 1. The predicted molar refractivity (Wildman–Crippen MR) is 87.5 cm³/mol. The molecule has 2 N–H and O–H groups in total. The summed E-state index contributed by atoms with van der Waals surface area (Å²) in [5.41, 5.74) is 3.42. The zero-order chi connectivity index (χ0) is 15.5. The minimum absolute atomic E-state index is 0.0377. The number of urea groups is 1. The zero-order valence-electron chi connectivity index (χ0n) is 13.1. The van der Waals surface area contributed by atoms with E-state index in [1.807, 2.05) is 11.0 Å².